The van der Waals surface area contributed by atoms with Crippen molar-refractivity contribution in [3.05, 3.63) is 48.0 Å². The van der Waals surface area contributed by atoms with Gasteiger partial charge in [-0.25, -0.2) is 0 Å². The summed E-state index contributed by atoms with van der Waals surface area (Å²) in [6, 6.07) is 10.3. The number of aliphatic hydroxyl groups excluding tert-OH is 1. The van der Waals surface area contributed by atoms with Crippen molar-refractivity contribution in [3.63, 3.8) is 0 Å². The first-order valence-corrected chi connectivity index (χ1v) is 6.32. The van der Waals surface area contributed by atoms with E-state index in [0.29, 0.717) is 6.42 Å². The summed E-state index contributed by atoms with van der Waals surface area (Å²) in [7, 11) is 0. The smallest absolute Gasteiger partial charge is 0.308 e. The fourth-order valence-corrected chi connectivity index (χ4v) is 2.05. The molecule has 2 rings (SSSR count). The Morgan fingerprint density at radius 3 is 2.72 bits per heavy atom. The van der Waals surface area contributed by atoms with E-state index in [1.165, 1.54) is 5.56 Å². The minimum Gasteiger partial charge on any atom is -0.459 e. The second-order valence-corrected chi connectivity index (χ2v) is 4.53. The van der Waals surface area contributed by atoms with E-state index in [0.717, 1.165) is 12.8 Å². The molecule has 1 aromatic carbocycles. The Bertz CT molecular complexity index is 411. The predicted octanol–water partition coefficient (Wildman–Crippen LogP) is 2.24. The van der Waals surface area contributed by atoms with Crippen LogP contribution in [0.2, 0.25) is 0 Å². The molecule has 0 amide bonds. The number of esters is 1. The highest BCUT2D eigenvalue weighted by Crippen LogP contribution is 2.18. The van der Waals surface area contributed by atoms with E-state index in [2.05, 4.69) is 18.2 Å². The summed E-state index contributed by atoms with van der Waals surface area (Å²) in [5.74, 6) is -0.301. The lowest BCUT2D eigenvalue weighted by Crippen LogP contribution is -2.19. The third-order valence-electron chi connectivity index (χ3n) is 3.07. The molecule has 1 aliphatic heterocycles. The van der Waals surface area contributed by atoms with Gasteiger partial charge in [-0.3, -0.25) is 4.79 Å². The summed E-state index contributed by atoms with van der Waals surface area (Å²) in [5, 5.41) is 9.51. The first kappa shape index (κ1) is 12.8. The van der Waals surface area contributed by atoms with Crippen molar-refractivity contribution in [1.29, 1.82) is 0 Å². The van der Waals surface area contributed by atoms with Crippen molar-refractivity contribution in [2.24, 2.45) is 0 Å². The van der Waals surface area contributed by atoms with E-state index in [9.17, 15) is 9.90 Å². The molecule has 0 saturated carbocycles. The number of hydrogen-bond acceptors (Lipinski definition) is 3. The number of aliphatic hydroxyl groups is 1. The molecule has 3 heteroatoms. The van der Waals surface area contributed by atoms with Crippen LogP contribution >= 0.6 is 0 Å². The summed E-state index contributed by atoms with van der Waals surface area (Å²) in [4.78, 5) is 10.9. The number of hydrogen-bond donors (Lipinski definition) is 1. The zero-order valence-electron chi connectivity index (χ0n) is 10.3. The second kappa shape index (κ2) is 6.36. The van der Waals surface area contributed by atoms with E-state index in [1.807, 2.05) is 24.3 Å². The normalized spacial score (nSPS) is 23.5. The summed E-state index contributed by atoms with van der Waals surface area (Å²) < 4.78 is 5.00. The monoisotopic (exact) mass is 246 g/mol. The molecule has 0 spiro atoms. The van der Waals surface area contributed by atoms with Gasteiger partial charge >= 0.3 is 5.97 Å². The molecule has 1 aromatic rings. The quantitative estimate of drug-likeness (QED) is 0.640. The topological polar surface area (TPSA) is 46.5 Å². The van der Waals surface area contributed by atoms with E-state index < -0.39 is 6.10 Å². The van der Waals surface area contributed by atoms with Gasteiger partial charge in [-0.15, -0.1) is 0 Å². The Hall–Kier alpha value is -1.61. The second-order valence-electron chi connectivity index (χ2n) is 4.53. The minimum absolute atomic E-state index is 0.128. The molecule has 0 aliphatic carbocycles. The molecule has 0 unspecified atom stereocenters. The number of ether oxygens (including phenoxy) is 1. The summed E-state index contributed by atoms with van der Waals surface area (Å²) >= 11 is 0. The molecule has 3 nitrogen and oxygen atoms in total. The number of aryl methyl sites for hydroxylation is 1. The molecule has 1 saturated heterocycles. The van der Waals surface area contributed by atoms with Gasteiger partial charge in [0.15, 0.2) is 0 Å². The first-order chi connectivity index (χ1) is 8.75. The summed E-state index contributed by atoms with van der Waals surface area (Å²) in [5.41, 5.74) is 1.31. The van der Waals surface area contributed by atoms with Crippen LogP contribution in [0.3, 0.4) is 0 Å². The lowest BCUT2D eigenvalue weighted by atomic mass is 10.1. The van der Waals surface area contributed by atoms with Crippen LogP contribution in [-0.4, -0.2) is 23.3 Å². The molecule has 0 aromatic heterocycles. The van der Waals surface area contributed by atoms with Crippen LogP contribution in [0.25, 0.3) is 0 Å². The van der Waals surface area contributed by atoms with E-state index in [1.54, 1.807) is 0 Å². The van der Waals surface area contributed by atoms with Crippen LogP contribution in [0, 0.1) is 0 Å². The molecule has 1 aliphatic rings. The van der Waals surface area contributed by atoms with Crippen molar-refractivity contribution >= 4 is 5.97 Å². The number of benzene rings is 1. The SMILES string of the molecule is O=C1C[C@H](O)[C@H](CC=CCCc2ccccc2)O1. The third kappa shape index (κ3) is 3.70. The highest BCUT2D eigenvalue weighted by atomic mass is 16.6. The average molecular weight is 246 g/mol. The van der Waals surface area contributed by atoms with Gasteiger partial charge in [-0.1, -0.05) is 42.5 Å². The number of allylic oxidation sites excluding steroid dienone is 1. The van der Waals surface area contributed by atoms with Gasteiger partial charge in [-0.2, -0.15) is 0 Å². The number of carbonyl (C=O) groups excluding carboxylic acids is 1. The van der Waals surface area contributed by atoms with Gasteiger partial charge in [0.25, 0.3) is 0 Å². The molecule has 1 heterocycles. The van der Waals surface area contributed by atoms with E-state index >= 15 is 0 Å². The lowest BCUT2D eigenvalue weighted by molar-refractivity contribution is -0.141. The Kier molecular flexibility index (Phi) is 4.53. The van der Waals surface area contributed by atoms with Crippen LogP contribution < -0.4 is 0 Å². The first-order valence-electron chi connectivity index (χ1n) is 6.32. The largest absolute Gasteiger partial charge is 0.459 e. The number of rotatable bonds is 5. The van der Waals surface area contributed by atoms with Crippen molar-refractivity contribution in [2.45, 2.75) is 37.9 Å². The zero-order valence-corrected chi connectivity index (χ0v) is 10.3. The highest BCUT2D eigenvalue weighted by Gasteiger charge is 2.31. The van der Waals surface area contributed by atoms with Crippen molar-refractivity contribution in [1.82, 2.24) is 0 Å². The van der Waals surface area contributed by atoms with Crippen LogP contribution in [0.4, 0.5) is 0 Å². The number of cyclic esters (lactones) is 1. The molecular formula is C15H18O3. The fourth-order valence-electron chi connectivity index (χ4n) is 2.05. The Labute approximate surface area is 107 Å². The van der Waals surface area contributed by atoms with Gasteiger partial charge in [0.05, 0.1) is 6.42 Å². The molecule has 2 atom stereocenters. The van der Waals surface area contributed by atoms with Crippen LogP contribution in [0.5, 0.6) is 0 Å². The molecular weight excluding hydrogens is 228 g/mol. The van der Waals surface area contributed by atoms with Gasteiger partial charge < -0.3 is 9.84 Å². The molecule has 1 N–H and O–H groups in total. The fraction of sp³-hybridized carbons (Fsp3) is 0.400. The van der Waals surface area contributed by atoms with Gasteiger partial charge in [0, 0.05) is 6.42 Å². The number of carbonyl (C=O) groups is 1. The molecule has 96 valence electrons. The molecule has 1 fully saturated rings. The van der Waals surface area contributed by atoms with Crippen molar-refractivity contribution in [2.75, 3.05) is 0 Å². The summed E-state index contributed by atoms with van der Waals surface area (Å²) in [6.07, 6.45) is 5.75. The van der Waals surface area contributed by atoms with Crippen molar-refractivity contribution < 1.29 is 14.6 Å². The highest BCUT2D eigenvalue weighted by molar-refractivity contribution is 5.72. The van der Waals surface area contributed by atoms with E-state index in [-0.39, 0.29) is 18.5 Å². The minimum atomic E-state index is -0.642. The van der Waals surface area contributed by atoms with Crippen LogP contribution in [0.1, 0.15) is 24.8 Å². The predicted molar refractivity (Wildman–Crippen MR) is 69.0 cm³/mol. The maximum atomic E-state index is 10.9. The maximum Gasteiger partial charge on any atom is 0.308 e. The van der Waals surface area contributed by atoms with Gasteiger partial charge in [-0.05, 0) is 18.4 Å². The Morgan fingerprint density at radius 2 is 2.06 bits per heavy atom. The van der Waals surface area contributed by atoms with Crippen LogP contribution in [-0.2, 0) is 16.0 Å². The lowest BCUT2D eigenvalue weighted by Gasteiger charge is -2.09. The summed E-state index contributed by atoms with van der Waals surface area (Å²) in [6.45, 7) is 0. The van der Waals surface area contributed by atoms with Gasteiger partial charge in [0.2, 0.25) is 0 Å². The molecule has 18 heavy (non-hydrogen) atoms. The maximum absolute atomic E-state index is 10.9. The standard InChI is InChI=1S/C15H18O3/c16-13-11-15(17)18-14(13)10-6-2-5-9-12-7-3-1-4-8-12/h1-4,6-8,13-14,16H,5,9-11H2/t13-,14-/m0/s1. The average Bonchev–Trinajstić information content (AvgIpc) is 2.69. The van der Waals surface area contributed by atoms with Crippen molar-refractivity contribution in [3.8, 4) is 0 Å². The molecule has 0 bridgehead atoms. The van der Waals surface area contributed by atoms with Gasteiger partial charge in [0.1, 0.15) is 12.2 Å². The Morgan fingerprint density at radius 1 is 1.28 bits per heavy atom. The van der Waals surface area contributed by atoms with Crippen LogP contribution in [0.15, 0.2) is 42.5 Å². The van der Waals surface area contributed by atoms with E-state index in [4.69, 9.17) is 4.74 Å². The zero-order chi connectivity index (χ0) is 12.8. The molecule has 0 radical (unpaired) electrons. The third-order valence-corrected chi connectivity index (χ3v) is 3.07. The Balaban J connectivity index is 1.68.